The fraction of sp³-hybridized carbons (Fsp3) is 0.240. The first-order valence-corrected chi connectivity index (χ1v) is 10.4. The van der Waals surface area contributed by atoms with Crippen LogP contribution in [0.1, 0.15) is 36.3 Å². The third kappa shape index (κ3) is 2.80. The number of para-hydroxylation sites is 1. The summed E-state index contributed by atoms with van der Waals surface area (Å²) in [6, 6.07) is 15.5. The summed E-state index contributed by atoms with van der Waals surface area (Å²) in [4.78, 5) is 19.9. The van der Waals surface area contributed by atoms with Crippen LogP contribution in [0.5, 0.6) is 11.5 Å². The second-order valence-electron chi connectivity index (χ2n) is 7.88. The number of fused-ring (bicyclic) bond motifs is 4. The Labute approximate surface area is 186 Å². The van der Waals surface area contributed by atoms with Crippen LogP contribution in [0.15, 0.2) is 70.1 Å². The highest BCUT2D eigenvalue weighted by molar-refractivity contribution is 6.08. The van der Waals surface area contributed by atoms with Crippen molar-refractivity contribution >= 4 is 17.3 Å². The van der Waals surface area contributed by atoms with Gasteiger partial charge in [-0.2, -0.15) is 5.26 Å². The molecule has 1 atom stereocenters. The minimum atomic E-state index is -0.546. The monoisotopic (exact) mass is 426 g/mol. The first-order valence-electron chi connectivity index (χ1n) is 10.4. The molecule has 32 heavy (non-hydrogen) atoms. The molecule has 2 heterocycles. The maximum atomic E-state index is 13.3. The van der Waals surface area contributed by atoms with Crippen LogP contribution in [0, 0.1) is 11.3 Å². The van der Waals surface area contributed by atoms with E-state index in [2.05, 4.69) is 11.1 Å². The largest absolute Gasteiger partial charge is 0.493 e. The summed E-state index contributed by atoms with van der Waals surface area (Å²) in [5.74, 6) is 1.47. The zero-order chi connectivity index (χ0) is 22.4. The van der Waals surface area contributed by atoms with Gasteiger partial charge in [-0.05, 0) is 42.7 Å². The Balaban J connectivity index is 1.80. The number of anilines is 1. The molecule has 1 aliphatic carbocycles. The molecule has 0 saturated heterocycles. The Morgan fingerprint density at radius 1 is 1.12 bits per heavy atom. The van der Waals surface area contributed by atoms with Crippen LogP contribution in [0.25, 0.3) is 0 Å². The number of ketones is 1. The van der Waals surface area contributed by atoms with Gasteiger partial charge >= 0.3 is 0 Å². The molecule has 1 unspecified atom stereocenters. The summed E-state index contributed by atoms with van der Waals surface area (Å²) < 4.78 is 10.9. The summed E-state index contributed by atoms with van der Waals surface area (Å²) >= 11 is 0. The van der Waals surface area contributed by atoms with Crippen molar-refractivity contribution in [2.75, 3.05) is 19.1 Å². The number of benzene rings is 2. The summed E-state index contributed by atoms with van der Waals surface area (Å²) in [7, 11) is 3.13. The lowest BCUT2D eigenvalue weighted by molar-refractivity contribution is -0.116. The number of nitriles is 1. The van der Waals surface area contributed by atoms with Gasteiger partial charge in [-0.25, -0.2) is 4.99 Å². The maximum absolute atomic E-state index is 13.3. The molecule has 0 radical (unpaired) electrons. The van der Waals surface area contributed by atoms with Crippen molar-refractivity contribution in [2.45, 2.75) is 25.2 Å². The number of nitrogens with zero attached hydrogens (tertiary/aromatic N) is 3. The molecule has 7 nitrogen and oxygen atoms in total. The molecule has 0 amide bonds. The van der Waals surface area contributed by atoms with Crippen molar-refractivity contribution in [2.24, 2.45) is 10.7 Å². The molecule has 0 spiro atoms. The van der Waals surface area contributed by atoms with Crippen LogP contribution < -0.4 is 20.1 Å². The van der Waals surface area contributed by atoms with Gasteiger partial charge in [-0.3, -0.25) is 9.69 Å². The van der Waals surface area contributed by atoms with E-state index in [0.717, 1.165) is 35.4 Å². The lowest BCUT2D eigenvalue weighted by Gasteiger charge is -2.41. The van der Waals surface area contributed by atoms with Crippen molar-refractivity contribution in [3.8, 4) is 17.6 Å². The van der Waals surface area contributed by atoms with E-state index in [1.807, 2.05) is 41.3 Å². The number of carbonyl (C=O) groups excluding carboxylic acids is 1. The summed E-state index contributed by atoms with van der Waals surface area (Å²) in [6.45, 7) is 0. The highest BCUT2D eigenvalue weighted by Gasteiger charge is 2.43. The van der Waals surface area contributed by atoms with Gasteiger partial charge in [0.15, 0.2) is 23.1 Å². The fourth-order valence-electron chi connectivity index (χ4n) is 4.84. The molecule has 2 aromatic carbocycles. The molecule has 7 heteroatoms. The Hall–Kier alpha value is -4.05. The average Bonchev–Trinajstić information content (AvgIpc) is 2.83. The smallest absolute Gasteiger partial charge is 0.161 e. The molecule has 2 N–H and O–H groups in total. The van der Waals surface area contributed by atoms with E-state index in [1.54, 1.807) is 20.3 Å². The lowest BCUT2D eigenvalue weighted by Crippen LogP contribution is -2.39. The zero-order valence-electron chi connectivity index (χ0n) is 17.9. The highest BCUT2D eigenvalue weighted by Crippen LogP contribution is 2.50. The summed E-state index contributed by atoms with van der Waals surface area (Å²) in [5.41, 5.74) is 10.6. The molecule has 5 rings (SSSR count). The van der Waals surface area contributed by atoms with Gasteiger partial charge in [0, 0.05) is 23.3 Å². The van der Waals surface area contributed by atoms with Crippen LogP contribution in [-0.2, 0) is 4.79 Å². The van der Waals surface area contributed by atoms with Gasteiger partial charge in [0.25, 0.3) is 0 Å². The number of aliphatic imine (C=N–C) groups is 1. The Kier molecular flexibility index (Phi) is 4.71. The second kappa shape index (κ2) is 7.57. The van der Waals surface area contributed by atoms with Crippen LogP contribution in [-0.4, -0.2) is 25.8 Å². The SMILES string of the molecule is COc1ccc(C2C(C#N)=C3N=C(N)c4ccccc4N3C3=C2C(=O)CCC3)cc1OC. The second-order valence-corrected chi connectivity index (χ2v) is 7.88. The third-order valence-electron chi connectivity index (χ3n) is 6.24. The average molecular weight is 426 g/mol. The lowest BCUT2D eigenvalue weighted by atomic mass is 9.75. The van der Waals surface area contributed by atoms with E-state index in [-0.39, 0.29) is 5.78 Å². The van der Waals surface area contributed by atoms with Crippen molar-refractivity contribution in [3.05, 3.63) is 76.3 Å². The molecule has 3 aliphatic rings. The van der Waals surface area contributed by atoms with Crippen molar-refractivity contribution in [1.29, 1.82) is 5.26 Å². The van der Waals surface area contributed by atoms with Crippen LogP contribution in [0.4, 0.5) is 5.69 Å². The summed E-state index contributed by atoms with van der Waals surface area (Å²) in [5, 5.41) is 10.3. The molecule has 2 aliphatic heterocycles. The Bertz CT molecular complexity index is 1280. The van der Waals surface area contributed by atoms with Gasteiger partial charge in [0.1, 0.15) is 5.84 Å². The maximum Gasteiger partial charge on any atom is 0.161 e. The van der Waals surface area contributed by atoms with Gasteiger partial charge in [-0.1, -0.05) is 18.2 Å². The van der Waals surface area contributed by atoms with Crippen LogP contribution >= 0.6 is 0 Å². The number of rotatable bonds is 3. The van der Waals surface area contributed by atoms with E-state index >= 15 is 0 Å². The molecule has 0 aromatic heterocycles. The molecular weight excluding hydrogens is 404 g/mol. The van der Waals surface area contributed by atoms with Crippen LogP contribution in [0.3, 0.4) is 0 Å². The van der Waals surface area contributed by atoms with E-state index in [9.17, 15) is 10.1 Å². The Morgan fingerprint density at radius 3 is 2.66 bits per heavy atom. The van der Waals surface area contributed by atoms with Crippen LogP contribution in [0.2, 0.25) is 0 Å². The standard InChI is InChI=1S/C25H22N4O3/c1-31-20-11-10-14(12-21(20)32-2)22-16(13-26)25-28-24(27)15-6-3-4-7-17(15)29(25)18-8-5-9-19(30)23(18)22/h3-4,6-7,10-12,22H,5,8-9H2,1-2H3,(H2,27,28). The number of carbonyl (C=O) groups is 1. The van der Waals surface area contributed by atoms with E-state index in [0.29, 0.717) is 40.7 Å². The third-order valence-corrected chi connectivity index (χ3v) is 6.24. The van der Waals surface area contributed by atoms with Gasteiger partial charge in [0.05, 0.1) is 37.5 Å². The summed E-state index contributed by atoms with van der Waals surface area (Å²) in [6.07, 6.45) is 1.93. The van der Waals surface area contributed by atoms with Crippen molar-refractivity contribution in [3.63, 3.8) is 0 Å². The molecule has 0 bridgehead atoms. The van der Waals surface area contributed by atoms with E-state index < -0.39 is 5.92 Å². The molecular formula is C25H22N4O3. The quantitative estimate of drug-likeness (QED) is 0.802. The number of hydrogen-bond donors (Lipinski definition) is 1. The Morgan fingerprint density at radius 2 is 1.91 bits per heavy atom. The molecule has 160 valence electrons. The van der Waals surface area contributed by atoms with Gasteiger partial charge < -0.3 is 15.2 Å². The predicted molar refractivity (Wildman–Crippen MR) is 120 cm³/mol. The number of hydrogen-bond acceptors (Lipinski definition) is 7. The van der Waals surface area contributed by atoms with Crippen molar-refractivity contribution < 1.29 is 14.3 Å². The predicted octanol–water partition coefficient (Wildman–Crippen LogP) is 3.77. The number of Topliss-reactive ketones (excluding diaryl/α,β-unsaturated/α-hetero) is 1. The number of methoxy groups -OCH3 is 2. The number of ether oxygens (including phenoxy) is 2. The number of amidine groups is 1. The highest BCUT2D eigenvalue weighted by atomic mass is 16.5. The minimum absolute atomic E-state index is 0.0536. The first kappa shape index (κ1) is 19.9. The number of nitrogens with two attached hydrogens (primary N) is 1. The first-order chi connectivity index (χ1) is 15.6. The fourth-order valence-corrected chi connectivity index (χ4v) is 4.84. The topological polar surface area (TPSA) is 101 Å². The van der Waals surface area contributed by atoms with Gasteiger partial charge in [-0.15, -0.1) is 0 Å². The molecule has 0 saturated carbocycles. The molecule has 0 fully saturated rings. The minimum Gasteiger partial charge on any atom is -0.493 e. The number of allylic oxidation sites excluding steroid dienone is 3. The molecule has 2 aromatic rings. The van der Waals surface area contributed by atoms with E-state index in [1.165, 1.54) is 0 Å². The zero-order valence-corrected chi connectivity index (χ0v) is 17.9. The normalized spacial score (nSPS) is 19.5. The van der Waals surface area contributed by atoms with Gasteiger partial charge in [0.2, 0.25) is 0 Å². The van der Waals surface area contributed by atoms with Crippen molar-refractivity contribution in [1.82, 2.24) is 0 Å². The van der Waals surface area contributed by atoms with E-state index in [4.69, 9.17) is 15.2 Å².